The lowest BCUT2D eigenvalue weighted by Gasteiger charge is -2.23. The molecule has 0 heterocycles. The molecule has 26 heavy (non-hydrogen) atoms. The zero-order chi connectivity index (χ0) is 20.1. The highest BCUT2D eigenvalue weighted by atomic mass is 32.1. The fourth-order valence-corrected chi connectivity index (χ4v) is 2.75. The van der Waals surface area contributed by atoms with Crippen LogP contribution in [0.25, 0.3) is 0 Å². The van der Waals surface area contributed by atoms with E-state index in [4.69, 9.17) is 0 Å². The molecule has 0 aliphatic carbocycles. The molecule has 0 aliphatic rings. The lowest BCUT2D eigenvalue weighted by Crippen LogP contribution is -2.53. The predicted molar refractivity (Wildman–Crippen MR) is 107 cm³/mol. The van der Waals surface area contributed by atoms with E-state index in [2.05, 4.69) is 46.5 Å². The van der Waals surface area contributed by atoms with Gasteiger partial charge in [0.25, 0.3) is 0 Å². The van der Waals surface area contributed by atoms with Crippen LogP contribution in [0.2, 0.25) is 0 Å². The molecule has 0 aromatic rings. The van der Waals surface area contributed by atoms with Gasteiger partial charge < -0.3 is 21.3 Å². The smallest absolute Gasteiger partial charge is 0.242 e. The zero-order valence-corrected chi connectivity index (χ0v) is 17.3. The fraction of sp³-hybridized carbons (Fsp3) is 0.750. The molecule has 3 unspecified atom stereocenters. The van der Waals surface area contributed by atoms with Gasteiger partial charge >= 0.3 is 0 Å². The Morgan fingerprint density at radius 1 is 0.808 bits per heavy atom. The van der Waals surface area contributed by atoms with E-state index in [1.54, 1.807) is 0 Å². The molecule has 3 atom stereocenters. The first-order chi connectivity index (χ1) is 12.2. The van der Waals surface area contributed by atoms with E-state index in [1.807, 2.05) is 6.92 Å². The fourth-order valence-electron chi connectivity index (χ4n) is 2.23. The van der Waals surface area contributed by atoms with E-state index in [1.165, 1.54) is 13.8 Å². The van der Waals surface area contributed by atoms with Crippen molar-refractivity contribution in [2.75, 3.05) is 18.1 Å². The molecule has 0 radical (unpaired) electrons. The third kappa shape index (κ3) is 10.5. The Bertz CT molecular complexity index is 491. The zero-order valence-electron chi connectivity index (χ0n) is 15.5. The van der Waals surface area contributed by atoms with E-state index in [0.29, 0.717) is 30.8 Å². The molecule has 0 rings (SSSR count). The number of carbonyl (C=O) groups is 4. The molecule has 150 valence electrons. The first-order valence-electron chi connectivity index (χ1n) is 8.59. The molecule has 0 aromatic heterocycles. The van der Waals surface area contributed by atoms with Gasteiger partial charge in [0.1, 0.15) is 12.1 Å². The number of carbonyl (C=O) groups excluding carboxylic acids is 4. The van der Waals surface area contributed by atoms with E-state index >= 15 is 0 Å². The maximum absolute atomic E-state index is 12.3. The Hall–Kier alpha value is -1.42. The van der Waals surface area contributed by atoms with Crippen molar-refractivity contribution in [3.63, 3.8) is 0 Å². The Morgan fingerprint density at radius 3 is 1.65 bits per heavy atom. The van der Waals surface area contributed by atoms with Gasteiger partial charge in [-0.15, -0.1) is 0 Å². The quantitative estimate of drug-likeness (QED) is 0.248. The first kappa shape index (κ1) is 24.6. The van der Waals surface area contributed by atoms with E-state index in [9.17, 15) is 19.2 Å². The highest BCUT2D eigenvalue weighted by molar-refractivity contribution is 7.80. The highest BCUT2D eigenvalue weighted by Crippen LogP contribution is 1.99. The summed E-state index contributed by atoms with van der Waals surface area (Å²) < 4.78 is 0. The normalized spacial score (nSPS) is 13.9. The second-order valence-electron chi connectivity index (χ2n) is 5.89. The van der Waals surface area contributed by atoms with Crippen LogP contribution in [-0.2, 0) is 19.2 Å². The van der Waals surface area contributed by atoms with Crippen LogP contribution in [0.4, 0.5) is 0 Å². The van der Waals surface area contributed by atoms with Crippen LogP contribution < -0.4 is 21.3 Å². The van der Waals surface area contributed by atoms with Crippen molar-refractivity contribution in [1.82, 2.24) is 21.3 Å². The van der Waals surface area contributed by atoms with E-state index in [-0.39, 0.29) is 36.2 Å². The minimum Gasteiger partial charge on any atom is -0.352 e. The lowest BCUT2D eigenvalue weighted by molar-refractivity contribution is -0.129. The standard InChI is InChI=1S/C16H30N4O4S2/c1-4-12(20-16(24)14(6-8-26)19-11(3)22)9-17-15(23)13(5-7-25)18-10(2)21/h12-14,25-26H,4-9H2,1-3H3,(H,17,23)(H,18,21)(H,19,22)(H,20,24). The van der Waals surface area contributed by atoms with Gasteiger partial charge in [-0.1, -0.05) is 6.92 Å². The van der Waals surface area contributed by atoms with Gasteiger partial charge in [0.2, 0.25) is 23.6 Å². The maximum Gasteiger partial charge on any atom is 0.242 e. The number of rotatable bonds is 12. The summed E-state index contributed by atoms with van der Waals surface area (Å²) in [6, 6.07) is -1.61. The summed E-state index contributed by atoms with van der Waals surface area (Å²) in [4.78, 5) is 46.9. The summed E-state index contributed by atoms with van der Waals surface area (Å²) in [6.07, 6.45) is 1.41. The van der Waals surface area contributed by atoms with Crippen molar-refractivity contribution in [2.45, 2.75) is 58.2 Å². The molecule has 4 amide bonds. The summed E-state index contributed by atoms with van der Waals surface area (Å²) in [7, 11) is 0. The average molecular weight is 407 g/mol. The summed E-state index contributed by atoms with van der Waals surface area (Å²) in [5, 5.41) is 10.7. The van der Waals surface area contributed by atoms with Gasteiger partial charge in [-0.2, -0.15) is 25.3 Å². The minimum absolute atomic E-state index is 0.220. The molecule has 0 spiro atoms. The Morgan fingerprint density at radius 2 is 1.27 bits per heavy atom. The van der Waals surface area contributed by atoms with E-state index < -0.39 is 12.1 Å². The van der Waals surface area contributed by atoms with Crippen LogP contribution in [0.1, 0.15) is 40.0 Å². The summed E-state index contributed by atoms with van der Waals surface area (Å²) in [5.74, 6) is -0.321. The third-order valence-corrected chi connectivity index (χ3v) is 4.10. The van der Waals surface area contributed by atoms with Gasteiger partial charge in [0.15, 0.2) is 0 Å². The second kappa shape index (κ2) is 13.7. The molecular formula is C16H30N4O4S2. The SMILES string of the molecule is CCC(CNC(=O)C(CCS)NC(C)=O)NC(=O)C(CCS)NC(C)=O. The van der Waals surface area contributed by atoms with E-state index in [0.717, 1.165) is 0 Å². The van der Waals surface area contributed by atoms with Crippen LogP contribution in [-0.4, -0.2) is 59.8 Å². The van der Waals surface area contributed by atoms with Crippen LogP contribution in [0.3, 0.4) is 0 Å². The number of thiol groups is 2. The second-order valence-corrected chi connectivity index (χ2v) is 6.78. The van der Waals surface area contributed by atoms with Crippen molar-refractivity contribution in [2.24, 2.45) is 0 Å². The molecule has 4 N–H and O–H groups in total. The summed E-state index contributed by atoms with van der Waals surface area (Å²) in [5.41, 5.74) is 0. The highest BCUT2D eigenvalue weighted by Gasteiger charge is 2.23. The van der Waals surface area contributed by atoms with Crippen molar-refractivity contribution < 1.29 is 19.2 Å². The summed E-state index contributed by atoms with van der Waals surface area (Å²) >= 11 is 8.19. The van der Waals surface area contributed by atoms with Crippen molar-refractivity contribution in [3.05, 3.63) is 0 Å². The Kier molecular flexibility index (Phi) is 13.0. The monoisotopic (exact) mass is 406 g/mol. The van der Waals surface area contributed by atoms with Gasteiger partial charge in [0, 0.05) is 26.4 Å². The van der Waals surface area contributed by atoms with Gasteiger partial charge in [0.05, 0.1) is 0 Å². The topological polar surface area (TPSA) is 116 Å². The molecular weight excluding hydrogens is 376 g/mol. The Labute approximate surface area is 165 Å². The number of hydrogen-bond donors (Lipinski definition) is 6. The maximum atomic E-state index is 12.3. The Balaban J connectivity index is 4.68. The molecule has 8 nitrogen and oxygen atoms in total. The molecule has 0 aromatic carbocycles. The van der Waals surface area contributed by atoms with Crippen LogP contribution in [0, 0.1) is 0 Å². The third-order valence-electron chi connectivity index (χ3n) is 3.59. The van der Waals surface area contributed by atoms with Crippen molar-refractivity contribution in [3.8, 4) is 0 Å². The summed E-state index contributed by atoms with van der Waals surface area (Å²) in [6.45, 7) is 4.79. The number of hydrogen-bond acceptors (Lipinski definition) is 6. The van der Waals surface area contributed by atoms with Crippen LogP contribution in [0.15, 0.2) is 0 Å². The number of amides is 4. The van der Waals surface area contributed by atoms with Crippen LogP contribution >= 0.6 is 25.3 Å². The number of nitrogens with one attached hydrogen (secondary N) is 4. The minimum atomic E-state index is -0.661. The molecule has 0 fully saturated rings. The predicted octanol–water partition coefficient (Wildman–Crippen LogP) is -0.353. The molecule has 10 heteroatoms. The molecule has 0 aliphatic heterocycles. The van der Waals surface area contributed by atoms with Crippen molar-refractivity contribution >= 4 is 48.9 Å². The largest absolute Gasteiger partial charge is 0.352 e. The van der Waals surface area contributed by atoms with Gasteiger partial charge in [-0.25, -0.2) is 0 Å². The molecule has 0 saturated heterocycles. The van der Waals surface area contributed by atoms with Crippen molar-refractivity contribution in [1.29, 1.82) is 0 Å². The first-order valence-corrected chi connectivity index (χ1v) is 9.85. The van der Waals surface area contributed by atoms with Crippen LogP contribution in [0.5, 0.6) is 0 Å². The van der Waals surface area contributed by atoms with Gasteiger partial charge in [-0.05, 0) is 30.8 Å². The molecule has 0 saturated carbocycles. The lowest BCUT2D eigenvalue weighted by atomic mass is 10.1. The average Bonchev–Trinajstić information content (AvgIpc) is 2.56. The molecule has 0 bridgehead atoms. The van der Waals surface area contributed by atoms with Gasteiger partial charge in [-0.3, -0.25) is 19.2 Å².